The molecule has 1 aliphatic carbocycles. The van der Waals surface area contributed by atoms with Crippen molar-refractivity contribution in [1.82, 2.24) is 5.32 Å². The zero-order valence-corrected chi connectivity index (χ0v) is 11.9. The van der Waals surface area contributed by atoms with E-state index in [-0.39, 0.29) is 12.0 Å². The first-order chi connectivity index (χ1) is 8.72. The molecular weight excluding hydrogens is 250 g/mol. The molecule has 2 rings (SSSR count). The van der Waals surface area contributed by atoms with Gasteiger partial charge in [-0.2, -0.15) is 0 Å². The molecule has 1 heterocycles. The van der Waals surface area contributed by atoms with Crippen molar-refractivity contribution in [3.05, 3.63) is 0 Å². The van der Waals surface area contributed by atoms with Gasteiger partial charge in [-0.1, -0.05) is 19.8 Å². The van der Waals surface area contributed by atoms with Crippen LogP contribution < -0.4 is 5.32 Å². The quantitative estimate of drug-likeness (QED) is 0.800. The fraction of sp³-hybridized carbons (Fsp3) is 0.929. The first-order valence-electron chi connectivity index (χ1n) is 7.17. The van der Waals surface area contributed by atoms with E-state index in [4.69, 9.17) is 16.3 Å². The van der Waals surface area contributed by atoms with Crippen molar-refractivity contribution in [2.24, 2.45) is 17.8 Å². The second-order valence-corrected chi connectivity index (χ2v) is 6.07. The molecule has 1 saturated heterocycles. The molecule has 4 unspecified atom stereocenters. The standard InChI is InChI=1S/C14H24ClNO2/c1-10-6-7-18-13(10)14(17)16-9-12-5-3-2-4-11(12)8-15/h10-13H,2-9H2,1H3,(H,16,17). The molecule has 4 heteroatoms. The summed E-state index contributed by atoms with van der Waals surface area (Å²) in [4.78, 5) is 12.0. The number of rotatable bonds is 4. The summed E-state index contributed by atoms with van der Waals surface area (Å²) >= 11 is 6.00. The molecule has 4 atom stereocenters. The lowest BCUT2D eigenvalue weighted by Crippen LogP contribution is -2.41. The van der Waals surface area contributed by atoms with Gasteiger partial charge in [-0.3, -0.25) is 4.79 Å². The summed E-state index contributed by atoms with van der Waals surface area (Å²) in [6.07, 6.45) is 5.71. The highest BCUT2D eigenvalue weighted by atomic mass is 35.5. The summed E-state index contributed by atoms with van der Waals surface area (Å²) < 4.78 is 5.48. The number of alkyl halides is 1. The molecule has 0 aromatic rings. The second kappa shape index (κ2) is 6.76. The molecule has 0 spiro atoms. The van der Waals surface area contributed by atoms with E-state index in [9.17, 15) is 4.79 Å². The fourth-order valence-electron chi connectivity index (χ4n) is 3.12. The van der Waals surface area contributed by atoms with Gasteiger partial charge in [-0.05, 0) is 37.0 Å². The molecule has 104 valence electrons. The smallest absolute Gasteiger partial charge is 0.249 e. The van der Waals surface area contributed by atoms with Crippen molar-refractivity contribution < 1.29 is 9.53 Å². The van der Waals surface area contributed by atoms with Gasteiger partial charge in [0.15, 0.2) is 0 Å². The Bertz CT molecular complexity index is 285. The number of nitrogens with one attached hydrogen (secondary N) is 1. The van der Waals surface area contributed by atoms with Gasteiger partial charge in [0.1, 0.15) is 6.10 Å². The normalized spacial score (nSPS) is 36.6. The minimum Gasteiger partial charge on any atom is -0.368 e. The highest BCUT2D eigenvalue weighted by Crippen LogP contribution is 2.30. The molecule has 2 fully saturated rings. The fourth-order valence-corrected chi connectivity index (χ4v) is 3.53. The van der Waals surface area contributed by atoms with E-state index in [0.29, 0.717) is 24.4 Å². The van der Waals surface area contributed by atoms with Crippen molar-refractivity contribution >= 4 is 17.5 Å². The SMILES string of the molecule is CC1CCOC1C(=O)NCC1CCCCC1CCl. The number of amides is 1. The van der Waals surface area contributed by atoms with Crippen LogP contribution in [0.1, 0.15) is 39.0 Å². The number of hydrogen-bond donors (Lipinski definition) is 1. The third-order valence-corrected chi connectivity index (χ3v) is 4.85. The van der Waals surface area contributed by atoms with Gasteiger partial charge in [0, 0.05) is 19.0 Å². The molecule has 1 aliphatic heterocycles. The van der Waals surface area contributed by atoms with Gasteiger partial charge >= 0.3 is 0 Å². The maximum Gasteiger partial charge on any atom is 0.249 e. The van der Waals surface area contributed by atoms with E-state index >= 15 is 0 Å². The van der Waals surface area contributed by atoms with Crippen LogP contribution in [0.5, 0.6) is 0 Å². The van der Waals surface area contributed by atoms with E-state index in [1.54, 1.807) is 0 Å². The minimum atomic E-state index is -0.233. The molecule has 18 heavy (non-hydrogen) atoms. The molecule has 0 aromatic heterocycles. The summed E-state index contributed by atoms with van der Waals surface area (Å²) in [7, 11) is 0. The predicted octanol–water partition coefficient (Wildman–Crippen LogP) is 2.57. The molecule has 0 radical (unpaired) electrons. The number of hydrogen-bond acceptors (Lipinski definition) is 2. The van der Waals surface area contributed by atoms with Crippen LogP contribution in [0.2, 0.25) is 0 Å². The van der Waals surface area contributed by atoms with Crippen molar-refractivity contribution in [3.8, 4) is 0 Å². The van der Waals surface area contributed by atoms with E-state index in [1.165, 1.54) is 25.7 Å². The lowest BCUT2D eigenvalue weighted by Gasteiger charge is -2.30. The lowest BCUT2D eigenvalue weighted by molar-refractivity contribution is -0.131. The molecular formula is C14H24ClNO2. The molecule has 0 aromatic carbocycles. The average molecular weight is 274 g/mol. The Hall–Kier alpha value is -0.280. The van der Waals surface area contributed by atoms with Crippen molar-refractivity contribution in [1.29, 1.82) is 0 Å². The van der Waals surface area contributed by atoms with E-state index in [0.717, 1.165) is 18.8 Å². The Morgan fingerprint density at radius 3 is 2.61 bits per heavy atom. The number of carbonyl (C=O) groups is 1. The Morgan fingerprint density at radius 2 is 2.00 bits per heavy atom. The Balaban J connectivity index is 1.77. The Labute approximate surface area is 115 Å². The molecule has 1 amide bonds. The molecule has 0 bridgehead atoms. The summed E-state index contributed by atoms with van der Waals surface area (Å²) in [5.74, 6) is 2.26. The minimum absolute atomic E-state index is 0.0684. The van der Waals surface area contributed by atoms with Crippen molar-refractivity contribution in [2.75, 3.05) is 19.0 Å². The summed E-state index contributed by atoms with van der Waals surface area (Å²) in [5.41, 5.74) is 0. The second-order valence-electron chi connectivity index (χ2n) is 5.76. The monoisotopic (exact) mass is 273 g/mol. The van der Waals surface area contributed by atoms with E-state index in [2.05, 4.69) is 12.2 Å². The van der Waals surface area contributed by atoms with Crippen molar-refractivity contribution in [3.63, 3.8) is 0 Å². The Kier molecular flexibility index (Phi) is 5.31. The highest BCUT2D eigenvalue weighted by molar-refractivity contribution is 6.18. The average Bonchev–Trinajstić information content (AvgIpc) is 2.82. The van der Waals surface area contributed by atoms with Crippen LogP contribution in [0, 0.1) is 17.8 Å². The number of halogens is 1. The van der Waals surface area contributed by atoms with Gasteiger partial charge in [0.2, 0.25) is 5.91 Å². The first kappa shape index (κ1) is 14.1. The summed E-state index contributed by atoms with van der Waals surface area (Å²) in [6, 6.07) is 0. The third-order valence-electron chi connectivity index (χ3n) is 4.45. The van der Waals surface area contributed by atoms with Crippen LogP contribution in [0.15, 0.2) is 0 Å². The molecule has 1 saturated carbocycles. The topological polar surface area (TPSA) is 38.3 Å². The van der Waals surface area contributed by atoms with Crippen molar-refractivity contribution in [2.45, 2.75) is 45.1 Å². The number of carbonyl (C=O) groups excluding carboxylic acids is 1. The van der Waals surface area contributed by atoms with Gasteiger partial charge in [0.05, 0.1) is 0 Å². The predicted molar refractivity (Wildman–Crippen MR) is 72.7 cm³/mol. The zero-order valence-electron chi connectivity index (χ0n) is 11.2. The number of ether oxygens (including phenoxy) is 1. The van der Waals surface area contributed by atoms with Gasteiger partial charge in [0.25, 0.3) is 0 Å². The summed E-state index contributed by atoms with van der Waals surface area (Å²) in [6.45, 7) is 3.56. The maximum atomic E-state index is 12.0. The van der Waals surface area contributed by atoms with Gasteiger partial charge < -0.3 is 10.1 Å². The van der Waals surface area contributed by atoms with Gasteiger partial charge in [-0.15, -0.1) is 11.6 Å². The van der Waals surface area contributed by atoms with Crippen LogP contribution in [0.25, 0.3) is 0 Å². The van der Waals surface area contributed by atoms with Crippen LogP contribution in [0.4, 0.5) is 0 Å². The molecule has 3 nitrogen and oxygen atoms in total. The van der Waals surface area contributed by atoms with Crippen LogP contribution in [-0.2, 0) is 9.53 Å². The molecule has 2 aliphatic rings. The molecule has 1 N–H and O–H groups in total. The van der Waals surface area contributed by atoms with Gasteiger partial charge in [-0.25, -0.2) is 0 Å². The van der Waals surface area contributed by atoms with Crippen LogP contribution in [-0.4, -0.2) is 31.0 Å². The lowest BCUT2D eigenvalue weighted by atomic mass is 9.80. The Morgan fingerprint density at radius 1 is 1.28 bits per heavy atom. The van der Waals surface area contributed by atoms with E-state index in [1.807, 2.05) is 0 Å². The summed E-state index contributed by atoms with van der Waals surface area (Å²) in [5, 5.41) is 3.07. The third kappa shape index (κ3) is 3.39. The zero-order chi connectivity index (χ0) is 13.0. The maximum absolute atomic E-state index is 12.0. The highest BCUT2D eigenvalue weighted by Gasteiger charge is 2.32. The van der Waals surface area contributed by atoms with Crippen LogP contribution >= 0.6 is 11.6 Å². The first-order valence-corrected chi connectivity index (χ1v) is 7.71. The largest absolute Gasteiger partial charge is 0.368 e. The van der Waals surface area contributed by atoms with E-state index < -0.39 is 0 Å². The van der Waals surface area contributed by atoms with Crippen LogP contribution in [0.3, 0.4) is 0 Å².